The third kappa shape index (κ3) is 2.93. The average molecular weight is 283 g/mol. The van der Waals surface area contributed by atoms with Crippen molar-refractivity contribution in [3.63, 3.8) is 0 Å². The Hall–Kier alpha value is -1.73. The van der Waals surface area contributed by atoms with Crippen molar-refractivity contribution in [3.05, 3.63) is 29.0 Å². The Kier molecular flexibility index (Phi) is 3.73. The Morgan fingerprint density at radius 2 is 1.72 bits per heavy atom. The lowest BCUT2D eigenvalue weighted by Crippen LogP contribution is -2.06. The number of benzene rings is 1. The summed E-state index contributed by atoms with van der Waals surface area (Å²) in [6, 6.07) is 5.35. The van der Waals surface area contributed by atoms with E-state index in [2.05, 4.69) is 15.0 Å². The van der Waals surface area contributed by atoms with Crippen LogP contribution in [0.3, 0.4) is 0 Å². The molecule has 6 nitrogen and oxygen atoms in total. The van der Waals surface area contributed by atoms with Crippen molar-refractivity contribution in [2.45, 2.75) is 10.6 Å². The first kappa shape index (κ1) is 12.7. The number of aromatic nitrogens is 3. The van der Waals surface area contributed by atoms with E-state index < -0.39 is 0 Å². The number of thioether (sulfide) groups is 1. The summed E-state index contributed by atoms with van der Waals surface area (Å²) in [4.78, 5) is 12.4. The number of hydrogen-bond donors (Lipinski definition) is 3. The lowest BCUT2D eigenvalue weighted by Gasteiger charge is -2.07. The molecule has 0 amide bonds. The van der Waals surface area contributed by atoms with Crippen LogP contribution >= 0.6 is 23.4 Å². The third-order valence-electron chi connectivity index (χ3n) is 2.06. The van der Waals surface area contributed by atoms with Crippen LogP contribution in [-0.2, 0) is 5.75 Å². The summed E-state index contributed by atoms with van der Waals surface area (Å²) in [6.07, 6.45) is 0. The van der Waals surface area contributed by atoms with E-state index in [1.165, 1.54) is 11.8 Å². The Balaban J connectivity index is 2.16. The van der Waals surface area contributed by atoms with Crippen molar-refractivity contribution < 1.29 is 0 Å². The van der Waals surface area contributed by atoms with Gasteiger partial charge in [0.05, 0.1) is 10.8 Å². The predicted molar refractivity (Wildman–Crippen MR) is 74.1 cm³/mol. The molecule has 1 aromatic carbocycles. The van der Waals surface area contributed by atoms with Crippen LogP contribution in [-0.4, -0.2) is 15.0 Å². The van der Waals surface area contributed by atoms with Gasteiger partial charge in [-0.3, -0.25) is 0 Å². The fraction of sp³-hybridized carbons (Fsp3) is 0.100. The highest BCUT2D eigenvalue weighted by molar-refractivity contribution is 7.98. The van der Waals surface area contributed by atoms with Crippen LogP contribution in [0.2, 0.25) is 5.02 Å². The summed E-state index contributed by atoms with van der Waals surface area (Å²) in [6.45, 7) is 0. The van der Waals surface area contributed by atoms with Gasteiger partial charge in [0.15, 0.2) is 0 Å². The molecule has 2 rings (SSSR count). The Labute approximate surface area is 113 Å². The predicted octanol–water partition coefficient (Wildman–Crippen LogP) is 1.56. The van der Waals surface area contributed by atoms with Crippen molar-refractivity contribution in [2.75, 3.05) is 17.2 Å². The number of rotatable bonds is 3. The number of nitrogens with two attached hydrogens (primary N) is 3. The van der Waals surface area contributed by atoms with Crippen molar-refractivity contribution in [1.82, 2.24) is 15.0 Å². The van der Waals surface area contributed by atoms with Crippen LogP contribution in [0.25, 0.3) is 0 Å². The van der Waals surface area contributed by atoms with E-state index >= 15 is 0 Å². The van der Waals surface area contributed by atoms with Gasteiger partial charge >= 0.3 is 0 Å². The summed E-state index contributed by atoms with van der Waals surface area (Å²) in [5, 5.41) is 0.593. The first-order valence-electron chi connectivity index (χ1n) is 4.99. The molecule has 0 saturated carbocycles. The van der Waals surface area contributed by atoms with E-state index in [0.29, 0.717) is 22.3 Å². The maximum atomic E-state index is 6.05. The minimum Gasteiger partial charge on any atom is -0.398 e. The molecule has 8 heteroatoms. The van der Waals surface area contributed by atoms with Gasteiger partial charge in [-0.15, -0.1) is 11.8 Å². The smallest absolute Gasteiger partial charge is 0.225 e. The van der Waals surface area contributed by atoms with Gasteiger partial charge < -0.3 is 17.2 Å². The summed E-state index contributed by atoms with van der Waals surface area (Å²) in [7, 11) is 0. The molecular formula is C10H11ClN6S. The van der Waals surface area contributed by atoms with Crippen LogP contribution < -0.4 is 17.2 Å². The summed E-state index contributed by atoms with van der Waals surface area (Å²) in [5.41, 5.74) is 17.4. The molecule has 0 aliphatic carbocycles. The molecule has 0 atom stereocenters. The second-order valence-corrected chi connectivity index (χ2v) is 4.81. The van der Waals surface area contributed by atoms with Gasteiger partial charge in [-0.2, -0.15) is 15.0 Å². The minimum atomic E-state index is 0.102. The van der Waals surface area contributed by atoms with Gasteiger partial charge in [-0.1, -0.05) is 17.7 Å². The van der Waals surface area contributed by atoms with E-state index in [9.17, 15) is 0 Å². The van der Waals surface area contributed by atoms with E-state index in [1.54, 1.807) is 18.2 Å². The normalized spacial score (nSPS) is 10.5. The minimum absolute atomic E-state index is 0.102. The van der Waals surface area contributed by atoms with Gasteiger partial charge in [0.1, 0.15) is 5.82 Å². The summed E-state index contributed by atoms with van der Waals surface area (Å²) in [5.74, 6) is 1.16. The molecule has 0 spiro atoms. The van der Waals surface area contributed by atoms with E-state index in [-0.39, 0.29) is 11.9 Å². The van der Waals surface area contributed by atoms with Crippen molar-refractivity contribution in [1.29, 1.82) is 0 Å². The van der Waals surface area contributed by atoms with Crippen LogP contribution in [0.15, 0.2) is 23.1 Å². The zero-order chi connectivity index (χ0) is 13.1. The molecule has 18 heavy (non-hydrogen) atoms. The molecule has 1 heterocycles. The van der Waals surface area contributed by atoms with Crippen molar-refractivity contribution in [2.24, 2.45) is 0 Å². The van der Waals surface area contributed by atoms with Gasteiger partial charge in [-0.05, 0) is 12.1 Å². The second-order valence-electron chi connectivity index (χ2n) is 3.41. The summed E-state index contributed by atoms with van der Waals surface area (Å²) >= 11 is 7.48. The van der Waals surface area contributed by atoms with Crippen LogP contribution in [0, 0.1) is 0 Å². The number of halogens is 1. The molecule has 0 aliphatic heterocycles. The average Bonchev–Trinajstić information content (AvgIpc) is 2.27. The van der Waals surface area contributed by atoms with Crippen molar-refractivity contribution >= 4 is 40.9 Å². The Bertz CT molecular complexity index is 536. The maximum absolute atomic E-state index is 6.05. The highest BCUT2D eigenvalue weighted by Gasteiger charge is 2.08. The van der Waals surface area contributed by atoms with Gasteiger partial charge in [0.25, 0.3) is 0 Å². The van der Waals surface area contributed by atoms with Gasteiger partial charge in [0, 0.05) is 10.6 Å². The lowest BCUT2D eigenvalue weighted by molar-refractivity contribution is 0.988. The fourth-order valence-corrected chi connectivity index (χ4v) is 2.52. The largest absolute Gasteiger partial charge is 0.398 e. The van der Waals surface area contributed by atoms with Crippen molar-refractivity contribution in [3.8, 4) is 0 Å². The van der Waals surface area contributed by atoms with E-state index in [1.807, 2.05) is 0 Å². The maximum Gasteiger partial charge on any atom is 0.225 e. The molecule has 0 radical (unpaired) electrons. The molecule has 0 aliphatic rings. The Morgan fingerprint density at radius 3 is 2.33 bits per heavy atom. The zero-order valence-electron chi connectivity index (χ0n) is 9.30. The SMILES string of the molecule is Nc1nc(N)nc(CSc2c(N)cccc2Cl)n1. The molecule has 0 fully saturated rings. The second kappa shape index (κ2) is 5.28. The number of nitrogens with zero attached hydrogens (tertiary/aromatic N) is 3. The van der Waals surface area contributed by atoms with Gasteiger partial charge in [-0.25, -0.2) is 0 Å². The molecule has 94 valence electrons. The lowest BCUT2D eigenvalue weighted by atomic mass is 10.3. The first-order valence-corrected chi connectivity index (χ1v) is 6.35. The zero-order valence-corrected chi connectivity index (χ0v) is 10.9. The van der Waals surface area contributed by atoms with Crippen LogP contribution in [0.1, 0.15) is 5.82 Å². The standard InChI is InChI=1S/C10H11ClN6S/c11-5-2-1-3-6(12)8(5)18-4-7-15-9(13)17-10(14)16-7/h1-3H,4,12H2,(H4,13,14,15,16,17). The molecule has 0 saturated heterocycles. The molecule has 0 bridgehead atoms. The third-order valence-corrected chi connectivity index (χ3v) is 3.63. The fourth-order valence-electron chi connectivity index (χ4n) is 1.34. The number of hydrogen-bond acceptors (Lipinski definition) is 7. The van der Waals surface area contributed by atoms with Crippen LogP contribution in [0.5, 0.6) is 0 Å². The first-order chi connectivity index (χ1) is 8.56. The summed E-state index contributed by atoms with van der Waals surface area (Å²) < 4.78 is 0. The van der Waals surface area contributed by atoms with Crippen LogP contribution in [0.4, 0.5) is 17.6 Å². The quantitative estimate of drug-likeness (QED) is 0.578. The van der Waals surface area contributed by atoms with Gasteiger partial charge in [0.2, 0.25) is 11.9 Å². The Morgan fingerprint density at radius 1 is 1.06 bits per heavy atom. The molecule has 6 N–H and O–H groups in total. The highest BCUT2D eigenvalue weighted by Crippen LogP contribution is 2.33. The topological polar surface area (TPSA) is 117 Å². The highest BCUT2D eigenvalue weighted by atomic mass is 35.5. The molecule has 2 aromatic rings. The number of anilines is 3. The number of nitrogen functional groups attached to an aromatic ring is 3. The monoisotopic (exact) mass is 282 g/mol. The molecular weight excluding hydrogens is 272 g/mol. The molecule has 1 aromatic heterocycles. The van der Waals surface area contributed by atoms with E-state index in [0.717, 1.165) is 4.90 Å². The van der Waals surface area contributed by atoms with E-state index in [4.69, 9.17) is 28.8 Å². The molecule has 0 unspecified atom stereocenters.